The fourth-order valence-electron chi connectivity index (χ4n) is 3.69. The third-order valence-electron chi connectivity index (χ3n) is 5.43. The van der Waals surface area contributed by atoms with Crippen molar-refractivity contribution in [2.45, 2.75) is 23.9 Å². The first-order valence-electron chi connectivity index (χ1n) is 11.3. The number of hydrogen-bond donors (Lipinski definition) is 2. The van der Waals surface area contributed by atoms with E-state index in [0.717, 1.165) is 40.9 Å². The predicted octanol–water partition coefficient (Wildman–Crippen LogP) is 5.68. The molecule has 38 heavy (non-hydrogen) atoms. The van der Waals surface area contributed by atoms with Crippen LogP contribution in [0.3, 0.4) is 0 Å². The molecule has 1 unspecified atom stereocenters. The number of nitrogens with one attached hydrogen (secondary N) is 1. The molecule has 4 rings (SSSR count). The van der Waals surface area contributed by atoms with Gasteiger partial charge in [-0.3, -0.25) is 10.1 Å². The summed E-state index contributed by atoms with van der Waals surface area (Å²) in [5.74, 6) is -0.715. The average molecular weight is 559 g/mol. The highest BCUT2D eigenvalue weighted by Gasteiger charge is 2.32. The summed E-state index contributed by atoms with van der Waals surface area (Å²) in [5.41, 5.74) is 7.74. The van der Waals surface area contributed by atoms with E-state index in [1.54, 1.807) is 17.1 Å². The van der Waals surface area contributed by atoms with Crippen molar-refractivity contribution in [3.8, 4) is 0 Å². The predicted molar refractivity (Wildman–Crippen MR) is 144 cm³/mol. The summed E-state index contributed by atoms with van der Waals surface area (Å²) in [5, 5.41) is 9.31. The minimum Gasteiger partial charge on any atom is -0.369 e. The standard InChI is InChI=1S/C26H22ClF3N6OS/c1-16(37)32-24(31)33-25(35-38-21-13-9-19(10-14-21)26(28,29)30)36-15-22(17-5-3-2-4-6-17)23(34-36)18-7-11-20(27)12-8-18/h2-14,22H,15H2,1H3,(H3,31,32,33,35,37). The van der Waals surface area contributed by atoms with E-state index in [1.165, 1.54) is 19.1 Å². The van der Waals surface area contributed by atoms with Crippen molar-refractivity contribution in [2.75, 3.05) is 6.54 Å². The van der Waals surface area contributed by atoms with Crippen molar-refractivity contribution in [1.29, 1.82) is 0 Å². The zero-order valence-corrected chi connectivity index (χ0v) is 21.6. The Morgan fingerprint density at radius 2 is 1.74 bits per heavy atom. The van der Waals surface area contributed by atoms with E-state index in [9.17, 15) is 18.0 Å². The van der Waals surface area contributed by atoms with E-state index in [4.69, 9.17) is 22.4 Å². The van der Waals surface area contributed by atoms with E-state index in [-0.39, 0.29) is 17.8 Å². The molecule has 12 heteroatoms. The number of benzene rings is 3. The third kappa shape index (κ3) is 6.93. The first-order valence-corrected chi connectivity index (χ1v) is 12.5. The second-order valence-electron chi connectivity index (χ2n) is 8.22. The first-order chi connectivity index (χ1) is 18.1. The Morgan fingerprint density at radius 3 is 2.34 bits per heavy atom. The minimum atomic E-state index is -4.44. The number of amides is 1. The van der Waals surface area contributed by atoms with Crippen LogP contribution in [-0.4, -0.2) is 35.1 Å². The van der Waals surface area contributed by atoms with Gasteiger partial charge < -0.3 is 5.73 Å². The van der Waals surface area contributed by atoms with Crippen molar-refractivity contribution in [3.05, 3.63) is 101 Å². The molecule has 1 atom stereocenters. The lowest BCUT2D eigenvalue weighted by Gasteiger charge is -2.16. The van der Waals surface area contributed by atoms with E-state index in [2.05, 4.69) is 14.7 Å². The number of alkyl halides is 3. The lowest BCUT2D eigenvalue weighted by atomic mass is 9.91. The Morgan fingerprint density at radius 1 is 1.08 bits per heavy atom. The van der Waals surface area contributed by atoms with Gasteiger partial charge in [0.25, 0.3) is 5.96 Å². The molecule has 196 valence electrons. The maximum atomic E-state index is 12.9. The largest absolute Gasteiger partial charge is 0.416 e. The smallest absolute Gasteiger partial charge is 0.369 e. The topological polar surface area (TPSA) is 95.4 Å². The Bertz CT molecular complexity index is 1380. The van der Waals surface area contributed by atoms with Gasteiger partial charge in [-0.2, -0.15) is 27.7 Å². The van der Waals surface area contributed by atoms with Gasteiger partial charge in [-0.15, -0.1) is 0 Å². The molecule has 1 heterocycles. The number of carbonyl (C=O) groups is 1. The highest BCUT2D eigenvalue weighted by molar-refractivity contribution is 7.98. The third-order valence-corrected chi connectivity index (χ3v) is 6.42. The van der Waals surface area contributed by atoms with Crippen molar-refractivity contribution in [3.63, 3.8) is 0 Å². The van der Waals surface area contributed by atoms with Gasteiger partial charge >= 0.3 is 6.18 Å². The van der Waals surface area contributed by atoms with Crippen LogP contribution in [0.25, 0.3) is 0 Å². The van der Waals surface area contributed by atoms with Gasteiger partial charge in [-0.25, -0.2) is 5.01 Å². The monoisotopic (exact) mass is 558 g/mol. The van der Waals surface area contributed by atoms with Crippen molar-refractivity contribution in [1.82, 2.24) is 10.3 Å². The molecule has 7 nitrogen and oxygen atoms in total. The van der Waals surface area contributed by atoms with Gasteiger partial charge in [-0.05, 0) is 47.5 Å². The molecule has 3 N–H and O–H groups in total. The molecule has 0 bridgehead atoms. The molecule has 0 spiro atoms. The van der Waals surface area contributed by atoms with Gasteiger partial charge in [0, 0.05) is 34.7 Å². The minimum absolute atomic E-state index is 0.0612. The molecule has 0 aromatic heterocycles. The molecular formula is C26H22ClF3N6OS. The summed E-state index contributed by atoms with van der Waals surface area (Å²) >= 11 is 6.99. The zero-order valence-electron chi connectivity index (χ0n) is 20.0. The first kappa shape index (κ1) is 27.2. The van der Waals surface area contributed by atoms with Gasteiger partial charge in [-0.1, -0.05) is 54.1 Å². The van der Waals surface area contributed by atoms with Gasteiger partial charge in [0.1, 0.15) is 0 Å². The second kappa shape index (κ2) is 11.7. The van der Waals surface area contributed by atoms with Crippen LogP contribution < -0.4 is 11.1 Å². The quantitative estimate of drug-likeness (QED) is 0.245. The van der Waals surface area contributed by atoms with Crippen LogP contribution >= 0.6 is 23.5 Å². The summed E-state index contributed by atoms with van der Waals surface area (Å²) in [6, 6.07) is 21.6. The SMILES string of the molecule is CC(=O)N/C(N)=N/C(=N\Sc1ccc(C(F)(F)F)cc1)N1CC(c2ccccc2)C(c2ccc(Cl)cc2)=N1. The molecule has 3 aromatic rings. The number of guanidine groups is 2. The normalized spacial score (nSPS) is 16.4. The summed E-state index contributed by atoms with van der Waals surface area (Å²) < 4.78 is 43.2. The van der Waals surface area contributed by atoms with Crippen LogP contribution in [0.2, 0.25) is 5.02 Å². The van der Waals surface area contributed by atoms with Crippen molar-refractivity contribution >= 4 is 47.1 Å². The fraction of sp³-hybridized carbons (Fsp3) is 0.154. The van der Waals surface area contributed by atoms with E-state index in [1.807, 2.05) is 42.5 Å². The zero-order chi connectivity index (χ0) is 27.3. The average Bonchev–Trinajstić information content (AvgIpc) is 3.32. The Balaban J connectivity index is 1.71. The highest BCUT2D eigenvalue weighted by atomic mass is 35.5. The maximum Gasteiger partial charge on any atom is 0.416 e. The van der Waals surface area contributed by atoms with Gasteiger partial charge in [0.05, 0.1) is 17.8 Å². The number of hydrazone groups is 1. The number of halogens is 4. The van der Waals surface area contributed by atoms with Crippen LogP contribution in [0.4, 0.5) is 13.2 Å². The Hall–Kier alpha value is -3.83. The lowest BCUT2D eigenvalue weighted by Crippen LogP contribution is -2.37. The molecule has 3 aromatic carbocycles. The van der Waals surface area contributed by atoms with E-state index in [0.29, 0.717) is 16.5 Å². The van der Waals surface area contributed by atoms with E-state index >= 15 is 0 Å². The molecular weight excluding hydrogens is 537 g/mol. The summed E-state index contributed by atoms with van der Waals surface area (Å²) in [4.78, 5) is 16.2. The molecule has 1 aliphatic heterocycles. The second-order valence-corrected chi connectivity index (χ2v) is 9.49. The summed E-state index contributed by atoms with van der Waals surface area (Å²) in [6.07, 6.45) is -4.44. The molecule has 1 amide bonds. The number of carbonyl (C=O) groups excluding carboxylic acids is 1. The molecule has 0 radical (unpaired) electrons. The van der Waals surface area contributed by atoms with Crippen LogP contribution in [0.15, 0.2) is 98.2 Å². The fourth-order valence-corrected chi connectivity index (χ4v) is 4.40. The van der Waals surface area contributed by atoms with Gasteiger partial charge in [0.2, 0.25) is 11.9 Å². The number of rotatable bonds is 4. The molecule has 0 saturated carbocycles. The van der Waals surface area contributed by atoms with Crippen molar-refractivity contribution in [2.24, 2.45) is 20.2 Å². The Kier molecular flexibility index (Phi) is 8.38. The van der Waals surface area contributed by atoms with Gasteiger partial charge in [0.15, 0.2) is 0 Å². The van der Waals surface area contributed by atoms with E-state index < -0.39 is 17.6 Å². The van der Waals surface area contributed by atoms with Crippen LogP contribution in [0.1, 0.15) is 29.5 Å². The van der Waals surface area contributed by atoms with Crippen molar-refractivity contribution < 1.29 is 18.0 Å². The summed E-state index contributed by atoms with van der Waals surface area (Å²) in [6.45, 7) is 1.64. The molecule has 0 fully saturated rings. The van der Waals surface area contributed by atoms with Crippen LogP contribution in [-0.2, 0) is 11.0 Å². The highest BCUT2D eigenvalue weighted by Crippen LogP contribution is 2.33. The summed E-state index contributed by atoms with van der Waals surface area (Å²) in [7, 11) is 0. The molecule has 1 aliphatic rings. The van der Waals surface area contributed by atoms with Crippen LogP contribution in [0.5, 0.6) is 0 Å². The Labute approximate surface area is 226 Å². The van der Waals surface area contributed by atoms with Crippen LogP contribution in [0, 0.1) is 0 Å². The number of nitrogens with zero attached hydrogens (tertiary/aromatic N) is 4. The number of aliphatic imine (C=N–C) groups is 1. The lowest BCUT2D eigenvalue weighted by molar-refractivity contribution is -0.137. The molecule has 0 aliphatic carbocycles. The number of hydrogen-bond acceptors (Lipinski definition) is 4. The number of nitrogens with two attached hydrogens (primary N) is 1. The molecule has 0 saturated heterocycles. The maximum absolute atomic E-state index is 12.9.